The fourth-order valence-electron chi connectivity index (χ4n) is 3.54. The Morgan fingerprint density at radius 1 is 0.867 bits per heavy atom. The number of furan rings is 1. The molecule has 30 heavy (non-hydrogen) atoms. The first-order chi connectivity index (χ1) is 14.7. The molecule has 154 valence electrons. The van der Waals surface area contributed by atoms with E-state index in [-0.39, 0.29) is 5.91 Å². The second kappa shape index (κ2) is 8.91. The Kier molecular flexibility index (Phi) is 5.89. The minimum atomic E-state index is -0.0442. The van der Waals surface area contributed by atoms with Crippen molar-refractivity contribution in [2.24, 2.45) is 0 Å². The lowest BCUT2D eigenvalue weighted by atomic mass is 10.1. The van der Waals surface area contributed by atoms with Crippen LogP contribution >= 0.6 is 0 Å². The first kappa shape index (κ1) is 19.8. The molecular weight excluding hydrogens is 378 g/mol. The summed E-state index contributed by atoms with van der Waals surface area (Å²) in [5, 5.41) is 5.08. The summed E-state index contributed by atoms with van der Waals surface area (Å²) in [5.41, 5.74) is 3.37. The van der Waals surface area contributed by atoms with E-state index in [1.807, 2.05) is 74.5 Å². The molecular formula is C25H25NO4. The number of aryl methyl sites for hydroxylation is 1. The monoisotopic (exact) mass is 403 g/mol. The van der Waals surface area contributed by atoms with Gasteiger partial charge in [-0.05, 0) is 56.2 Å². The number of anilines is 1. The number of rotatable bonds is 8. The van der Waals surface area contributed by atoms with Crippen LogP contribution in [0.1, 0.15) is 25.8 Å². The van der Waals surface area contributed by atoms with Crippen molar-refractivity contribution in [2.75, 3.05) is 18.5 Å². The molecule has 0 atom stereocenters. The summed E-state index contributed by atoms with van der Waals surface area (Å²) in [4.78, 5) is 12.5. The minimum absolute atomic E-state index is 0.0442. The van der Waals surface area contributed by atoms with E-state index in [4.69, 9.17) is 13.9 Å². The molecule has 0 saturated carbocycles. The molecule has 1 N–H and O–H groups in total. The highest BCUT2D eigenvalue weighted by atomic mass is 16.5. The molecule has 0 aliphatic rings. The molecule has 0 spiro atoms. The second-order valence-corrected chi connectivity index (χ2v) is 7.00. The smallest absolute Gasteiger partial charge is 0.224 e. The quantitative estimate of drug-likeness (QED) is 0.395. The topological polar surface area (TPSA) is 60.7 Å². The fraction of sp³-hybridized carbons (Fsp3) is 0.240. The molecule has 4 aromatic rings. The van der Waals surface area contributed by atoms with Crippen molar-refractivity contribution in [3.8, 4) is 11.5 Å². The van der Waals surface area contributed by atoms with E-state index >= 15 is 0 Å². The Balaban J connectivity index is 1.42. The van der Waals surface area contributed by atoms with Gasteiger partial charge in [-0.2, -0.15) is 0 Å². The number of nitrogens with one attached hydrogen (secondary N) is 1. The van der Waals surface area contributed by atoms with Crippen molar-refractivity contribution in [1.82, 2.24) is 0 Å². The molecule has 3 aromatic carbocycles. The van der Waals surface area contributed by atoms with Crippen molar-refractivity contribution in [1.29, 1.82) is 0 Å². The van der Waals surface area contributed by atoms with E-state index in [0.29, 0.717) is 31.8 Å². The van der Waals surface area contributed by atoms with Gasteiger partial charge in [0, 0.05) is 28.9 Å². The van der Waals surface area contributed by atoms with Crippen molar-refractivity contribution in [2.45, 2.75) is 26.7 Å². The highest BCUT2D eigenvalue weighted by Gasteiger charge is 2.10. The lowest BCUT2D eigenvalue weighted by molar-refractivity contribution is -0.116. The molecule has 5 heteroatoms. The number of hydrogen-bond acceptors (Lipinski definition) is 4. The van der Waals surface area contributed by atoms with Crippen LogP contribution in [0, 0.1) is 0 Å². The summed E-state index contributed by atoms with van der Waals surface area (Å²) in [6, 6.07) is 19.5. The van der Waals surface area contributed by atoms with Crippen molar-refractivity contribution < 1.29 is 18.7 Å². The van der Waals surface area contributed by atoms with Crippen LogP contribution < -0.4 is 14.8 Å². The van der Waals surface area contributed by atoms with Gasteiger partial charge in [0.15, 0.2) is 11.5 Å². The average Bonchev–Trinajstić information content (AvgIpc) is 3.12. The van der Waals surface area contributed by atoms with Crippen LogP contribution in [-0.2, 0) is 11.2 Å². The lowest BCUT2D eigenvalue weighted by Crippen LogP contribution is -2.12. The van der Waals surface area contributed by atoms with Gasteiger partial charge in [0.25, 0.3) is 0 Å². The minimum Gasteiger partial charge on any atom is -0.490 e. The molecule has 0 radical (unpaired) electrons. The normalized spacial score (nSPS) is 11.0. The third-order valence-electron chi connectivity index (χ3n) is 4.91. The van der Waals surface area contributed by atoms with Crippen LogP contribution in [0.5, 0.6) is 11.5 Å². The van der Waals surface area contributed by atoms with Crippen LogP contribution in [0.4, 0.5) is 5.69 Å². The largest absolute Gasteiger partial charge is 0.490 e. The summed E-state index contributed by atoms with van der Waals surface area (Å²) in [6.45, 7) is 5.02. The van der Waals surface area contributed by atoms with E-state index in [1.54, 1.807) is 0 Å². The average molecular weight is 403 g/mol. The molecule has 5 nitrogen and oxygen atoms in total. The second-order valence-electron chi connectivity index (χ2n) is 7.00. The first-order valence-corrected chi connectivity index (χ1v) is 10.3. The van der Waals surface area contributed by atoms with Gasteiger partial charge in [0.2, 0.25) is 5.91 Å². The van der Waals surface area contributed by atoms with Gasteiger partial charge in [-0.25, -0.2) is 0 Å². The van der Waals surface area contributed by atoms with Gasteiger partial charge in [0.1, 0.15) is 11.2 Å². The highest BCUT2D eigenvalue weighted by molar-refractivity contribution is 6.06. The molecule has 1 heterocycles. The zero-order valence-corrected chi connectivity index (χ0v) is 17.2. The maximum atomic E-state index is 12.5. The van der Waals surface area contributed by atoms with Crippen LogP contribution in [0.3, 0.4) is 0 Å². The van der Waals surface area contributed by atoms with E-state index in [2.05, 4.69) is 5.32 Å². The van der Waals surface area contributed by atoms with Crippen LogP contribution in [0.15, 0.2) is 65.1 Å². The van der Waals surface area contributed by atoms with Crippen LogP contribution in [0.25, 0.3) is 21.9 Å². The Morgan fingerprint density at radius 2 is 1.63 bits per heavy atom. The van der Waals surface area contributed by atoms with Gasteiger partial charge in [-0.3, -0.25) is 4.79 Å². The van der Waals surface area contributed by atoms with E-state index < -0.39 is 0 Å². The third-order valence-corrected chi connectivity index (χ3v) is 4.91. The number of para-hydroxylation sites is 1. The Morgan fingerprint density at radius 3 is 2.47 bits per heavy atom. The van der Waals surface area contributed by atoms with Crippen LogP contribution in [0.2, 0.25) is 0 Å². The summed E-state index contributed by atoms with van der Waals surface area (Å²) < 4.78 is 17.1. The molecule has 0 aliphatic carbocycles. The Bertz CT molecular complexity index is 1180. The number of benzene rings is 3. The predicted molar refractivity (Wildman–Crippen MR) is 119 cm³/mol. The maximum Gasteiger partial charge on any atom is 0.224 e. The molecule has 0 saturated heterocycles. The zero-order valence-electron chi connectivity index (χ0n) is 17.2. The molecule has 4 rings (SSSR count). The molecule has 0 aliphatic heterocycles. The van der Waals surface area contributed by atoms with Gasteiger partial charge in [-0.15, -0.1) is 0 Å². The lowest BCUT2D eigenvalue weighted by Gasteiger charge is -2.12. The van der Waals surface area contributed by atoms with Crippen molar-refractivity contribution in [3.05, 3.63) is 66.2 Å². The van der Waals surface area contributed by atoms with Crippen molar-refractivity contribution in [3.63, 3.8) is 0 Å². The van der Waals surface area contributed by atoms with Crippen molar-refractivity contribution >= 4 is 33.5 Å². The third kappa shape index (κ3) is 4.25. The SMILES string of the molecule is CCOc1ccc(CCC(=O)Nc2ccc3c(c2)oc2ccccc23)cc1OCC. The molecule has 1 aromatic heterocycles. The Labute approximate surface area is 175 Å². The maximum absolute atomic E-state index is 12.5. The van der Waals surface area contributed by atoms with Gasteiger partial charge in [-0.1, -0.05) is 24.3 Å². The number of ether oxygens (including phenoxy) is 2. The van der Waals surface area contributed by atoms with Crippen LogP contribution in [-0.4, -0.2) is 19.1 Å². The number of amides is 1. The predicted octanol–water partition coefficient (Wildman–Crippen LogP) is 5.95. The molecule has 0 bridgehead atoms. The first-order valence-electron chi connectivity index (χ1n) is 10.3. The number of carbonyl (C=O) groups excluding carboxylic acids is 1. The summed E-state index contributed by atoms with van der Waals surface area (Å²) in [5.74, 6) is 1.40. The number of fused-ring (bicyclic) bond motifs is 3. The fourth-order valence-corrected chi connectivity index (χ4v) is 3.54. The van der Waals surface area contributed by atoms with E-state index in [1.165, 1.54) is 0 Å². The number of hydrogen-bond donors (Lipinski definition) is 1. The standard InChI is InChI=1S/C25H25NO4/c1-3-28-22-13-9-17(15-24(22)29-4-2)10-14-25(27)26-18-11-12-20-19-7-5-6-8-21(19)30-23(20)16-18/h5-9,11-13,15-16H,3-4,10,14H2,1-2H3,(H,26,27). The van der Waals surface area contributed by atoms with E-state index in [9.17, 15) is 4.79 Å². The van der Waals surface area contributed by atoms with Gasteiger partial charge < -0.3 is 19.2 Å². The van der Waals surface area contributed by atoms with Gasteiger partial charge in [0.05, 0.1) is 13.2 Å². The molecule has 0 unspecified atom stereocenters. The zero-order chi connectivity index (χ0) is 20.9. The molecule has 1 amide bonds. The molecule has 0 fully saturated rings. The van der Waals surface area contributed by atoms with E-state index in [0.717, 1.165) is 38.9 Å². The summed E-state index contributed by atoms with van der Waals surface area (Å²) in [6.07, 6.45) is 0.989. The number of carbonyl (C=O) groups is 1. The highest BCUT2D eigenvalue weighted by Crippen LogP contribution is 2.31. The van der Waals surface area contributed by atoms with Gasteiger partial charge >= 0.3 is 0 Å². The summed E-state index contributed by atoms with van der Waals surface area (Å²) in [7, 11) is 0. The summed E-state index contributed by atoms with van der Waals surface area (Å²) >= 11 is 0. The Hall–Kier alpha value is -3.47.